The molecular weight excluding hydrogens is 250 g/mol. The van der Waals surface area contributed by atoms with Gasteiger partial charge < -0.3 is 5.11 Å². The van der Waals surface area contributed by atoms with Crippen LogP contribution in [0.1, 0.15) is 42.6 Å². The van der Waals surface area contributed by atoms with E-state index < -0.39 is 12.5 Å². The number of aliphatic hydroxyl groups excluding tert-OH is 1. The Morgan fingerprint density at radius 3 is 2.68 bits per heavy atom. The van der Waals surface area contributed by atoms with E-state index in [0.717, 1.165) is 13.0 Å². The van der Waals surface area contributed by atoms with Crippen LogP contribution >= 0.6 is 0 Å². The van der Waals surface area contributed by atoms with Gasteiger partial charge in [-0.1, -0.05) is 25.1 Å². The fourth-order valence-corrected chi connectivity index (χ4v) is 1.93. The Morgan fingerprint density at radius 1 is 1.26 bits per heavy atom. The lowest BCUT2D eigenvalue weighted by molar-refractivity contribution is 0.150. The summed E-state index contributed by atoms with van der Waals surface area (Å²) in [5.41, 5.74) is 0.978. The highest BCUT2D eigenvalue weighted by atomic mass is 19.3. The third-order valence-corrected chi connectivity index (χ3v) is 2.90. The molecule has 0 fully saturated rings. The van der Waals surface area contributed by atoms with Gasteiger partial charge in [-0.15, -0.1) is 0 Å². The topological polar surface area (TPSA) is 38.0 Å². The maximum atomic E-state index is 12.6. The summed E-state index contributed by atoms with van der Waals surface area (Å²) in [6.45, 7) is 2.80. The second-order valence-corrected chi connectivity index (χ2v) is 4.41. The predicted octanol–water partition coefficient (Wildman–Crippen LogP) is 3.31. The van der Waals surface area contributed by atoms with Crippen molar-refractivity contribution in [2.24, 2.45) is 0 Å². The van der Waals surface area contributed by atoms with Gasteiger partial charge in [0.05, 0.1) is 6.20 Å². The maximum Gasteiger partial charge on any atom is 0.263 e. The molecule has 102 valence electrons. The van der Waals surface area contributed by atoms with Crippen molar-refractivity contribution in [3.05, 3.63) is 53.3 Å². The third-order valence-electron chi connectivity index (χ3n) is 2.90. The van der Waals surface area contributed by atoms with Crippen molar-refractivity contribution in [1.29, 1.82) is 0 Å². The van der Waals surface area contributed by atoms with E-state index in [1.807, 2.05) is 6.92 Å². The number of hydrogen-bond donors (Lipinski definition) is 1. The number of hydrogen-bond acceptors (Lipinski definition) is 2. The monoisotopic (exact) mass is 266 g/mol. The summed E-state index contributed by atoms with van der Waals surface area (Å²) in [6.07, 6.45) is 0.788. The standard InChI is InChI=1S/C14H16F2N2O/c1-2-6-18-9-12(8-17-18)13(19)10-4-3-5-11(7-10)14(15)16/h3-5,7-9,13-14,19H,2,6H2,1H3. The molecule has 2 aromatic rings. The van der Waals surface area contributed by atoms with Gasteiger partial charge in [-0.25, -0.2) is 8.78 Å². The van der Waals surface area contributed by atoms with Crippen molar-refractivity contribution in [2.45, 2.75) is 32.4 Å². The fourth-order valence-electron chi connectivity index (χ4n) is 1.93. The molecule has 1 unspecified atom stereocenters. The van der Waals surface area contributed by atoms with E-state index in [2.05, 4.69) is 5.10 Å². The average molecular weight is 266 g/mol. The minimum absolute atomic E-state index is 0.0856. The zero-order valence-electron chi connectivity index (χ0n) is 10.6. The molecule has 0 aliphatic rings. The van der Waals surface area contributed by atoms with Crippen LogP contribution in [0.3, 0.4) is 0 Å². The van der Waals surface area contributed by atoms with Crippen LogP contribution in [0.25, 0.3) is 0 Å². The molecule has 1 heterocycles. The van der Waals surface area contributed by atoms with Crippen LogP contribution in [0.2, 0.25) is 0 Å². The molecule has 2 rings (SSSR count). The Balaban J connectivity index is 2.22. The molecule has 3 nitrogen and oxygen atoms in total. The molecule has 19 heavy (non-hydrogen) atoms. The van der Waals surface area contributed by atoms with Gasteiger partial charge in [-0.05, 0) is 18.1 Å². The van der Waals surface area contributed by atoms with Crippen molar-refractivity contribution < 1.29 is 13.9 Å². The van der Waals surface area contributed by atoms with Gasteiger partial charge in [0.25, 0.3) is 6.43 Å². The van der Waals surface area contributed by atoms with Gasteiger partial charge >= 0.3 is 0 Å². The van der Waals surface area contributed by atoms with E-state index in [1.54, 1.807) is 23.1 Å². The van der Waals surface area contributed by atoms with Crippen LogP contribution in [0, 0.1) is 0 Å². The van der Waals surface area contributed by atoms with E-state index in [4.69, 9.17) is 0 Å². The minimum Gasteiger partial charge on any atom is -0.384 e. The largest absolute Gasteiger partial charge is 0.384 e. The van der Waals surface area contributed by atoms with Gasteiger partial charge in [-0.3, -0.25) is 4.68 Å². The molecule has 0 saturated carbocycles. The number of alkyl halides is 2. The van der Waals surface area contributed by atoms with E-state index in [0.29, 0.717) is 11.1 Å². The quantitative estimate of drug-likeness (QED) is 0.901. The third kappa shape index (κ3) is 3.17. The van der Waals surface area contributed by atoms with E-state index in [9.17, 15) is 13.9 Å². The Morgan fingerprint density at radius 2 is 2.00 bits per heavy atom. The molecule has 0 aliphatic heterocycles. The predicted molar refractivity (Wildman–Crippen MR) is 68.0 cm³/mol. The molecule has 1 N–H and O–H groups in total. The van der Waals surface area contributed by atoms with Gasteiger partial charge in [0, 0.05) is 23.9 Å². The number of nitrogens with zero attached hydrogens (tertiary/aromatic N) is 2. The SMILES string of the molecule is CCCn1cc(C(O)c2cccc(C(F)F)c2)cn1. The first kappa shape index (κ1) is 13.7. The summed E-state index contributed by atoms with van der Waals surface area (Å²) in [5, 5.41) is 14.3. The number of aryl methyl sites for hydroxylation is 1. The number of aliphatic hydroxyl groups is 1. The highest BCUT2D eigenvalue weighted by Crippen LogP contribution is 2.26. The Hall–Kier alpha value is -1.75. The normalized spacial score (nSPS) is 12.9. The first-order chi connectivity index (χ1) is 9.11. The highest BCUT2D eigenvalue weighted by Gasteiger charge is 2.15. The number of benzene rings is 1. The van der Waals surface area contributed by atoms with Crippen LogP contribution in [0.15, 0.2) is 36.7 Å². The molecule has 0 aliphatic carbocycles. The molecular formula is C14H16F2N2O. The second kappa shape index (κ2) is 5.93. The molecule has 1 aromatic carbocycles. The van der Waals surface area contributed by atoms with Crippen LogP contribution in [-0.4, -0.2) is 14.9 Å². The smallest absolute Gasteiger partial charge is 0.263 e. The lowest BCUT2D eigenvalue weighted by Crippen LogP contribution is -2.00. The molecule has 5 heteroatoms. The first-order valence-electron chi connectivity index (χ1n) is 6.20. The fraction of sp³-hybridized carbons (Fsp3) is 0.357. The Labute approximate surface area is 110 Å². The molecule has 1 aromatic heterocycles. The average Bonchev–Trinajstić information content (AvgIpc) is 2.87. The lowest BCUT2D eigenvalue weighted by Gasteiger charge is -2.10. The Kier molecular flexibility index (Phi) is 4.27. The van der Waals surface area contributed by atoms with Gasteiger partial charge in [0.2, 0.25) is 0 Å². The minimum atomic E-state index is -2.53. The summed E-state index contributed by atoms with van der Waals surface area (Å²) in [5.74, 6) is 0. The van der Waals surface area contributed by atoms with E-state index in [-0.39, 0.29) is 5.56 Å². The van der Waals surface area contributed by atoms with Crippen molar-refractivity contribution in [3.8, 4) is 0 Å². The number of halogens is 2. The van der Waals surface area contributed by atoms with Crippen molar-refractivity contribution in [1.82, 2.24) is 9.78 Å². The highest BCUT2D eigenvalue weighted by molar-refractivity contribution is 5.31. The zero-order valence-corrected chi connectivity index (χ0v) is 10.6. The summed E-state index contributed by atoms with van der Waals surface area (Å²) in [4.78, 5) is 0. The van der Waals surface area contributed by atoms with Crippen LogP contribution in [0.5, 0.6) is 0 Å². The Bertz CT molecular complexity index is 540. The van der Waals surface area contributed by atoms with Crippen LogP contribution in [-0.2, 0) is 6.54 Å². The lowest BCUT2D eigenvalue weighted by atomic mass is 10.0. The molecule has 0 saturated heterocycles. The summed E-state index contributed by atoms with van der Waals surface area (Å²) in [6, 6.07) is 5.83. The summed E-state index contributed by atoms with van der Waals surface area (Å²) in [7, 11) is 0. The first-order valence-corrected chi connectivity index (χ1v) is 6.20. The number of rotatable bonds is 5. The molecule has 1 atom stereocenters. The van der Waals surface area contributed by atoms with Gasteiger partial charge in [-0.2, -0.15) is 5.10 Å². The van der Waals surface area contributed by atoms with E-state index in [1.165, 1.54) is 18.2 Å². The van der Waals surface area contributed by atoms with Gasteiger partial charge in [0.1, 0.15) is 6.10 Å². The van der Waals surface area contributed by atoms with Crippen molar-refractivity contribution in [2.75, 3.05) is 0 Å². The van der Waals surface area contributed by atoms with Gasteiger partial charge in [0.15, 0.2) is 0 Å². The van der Waals surface area contributed by atoms with Crippen LogP contribution in [0.4, 0.5) is 8.78 Å². The van der Waals surface area contributed by atoms with E-state index >= 15 is 0 Å². The van der Waals surface area contributed by atoms with Crippen molar-refractivity contribution in [3.63, 3.8) is 0 Å². The van der Waals surface area contributed by atoms with Crippen molar-refractivity contribution >= 4 is 0 Å². The zero-order chi connectivity index (χ0) is 13.8. The number of aromatic nitrogens is 2. The molecule has 0 bridgehead atoms. The maximum absolute atomic E-state index is 12.6. The van der Waals surface area contributed by atoms with Crippen LogP contribution < -0.4 is 0 Å². The molecule has 0 amide bonds. The second-order valence-electron chi connectivity index (χ2n) is 4.41. The molecule has 0 spiro atoms. The summed E-state index contributed by atoms with van der Waals surface area (Å²) < 4.78 is 27.0. The summed E-state index contributed by atoms with van der Waals surface area (Å²) >= 11 is 0. The molecule has 0 radical (unpaired) electrons.